The van der Waals surface area contributed by atoms with E-state index in [2.05, 4.69) is 35.2 Å². The predicted molar refractivity (Wildman–Crippen MR) is 78.3 cm³/mol. The molecule has 0 radical (unpaired) electrons. The number of hydrogen-bond acceptors (Lipinski definition) is 2. The molecule has 0 unspecified atom stereocenters. The van der Waals surface area contributed by atoms with Gasteiger partial charge in [-0.2, -0.15) is 0 Å². The molecule has 2 nitrogen and oxygen atoms in total. The number of likely N-dealkylation sites (tertiary alicyclic amines) is 1. The summed E-state index contributed by atoms with van der Waals surface area (Å²) in [4.78, 5) is 14.3. The molecule has 19 heavy (non-hydrogen) atoms. The third-order valence-corrected chi connectivity index (χ3v) is 3.81. The van der Waals surface area contributed by atoms with Gasteiger partial charge in [0.15, 0.2) is 5.78 Å². The highest BCUT2D eigenvalue weighted by Crippen LogP contribution is 2.16. The van der Waals surface area contributed by atoms with Gasteiger partial charge in [0.05, 0.1) is 6.54 Å². The molecule has 0 spiro atoms. The van der Waals surface area contributed by atoms with Crippen molar-refractivity contribution in [2.45, 2.75) is 19.3 Å². The predicted octanol–water partition coefficient (Wildman–Crippen LogP) is 3.05. The van der Waals surface area contributed by atoms with E-state index in [0.29, 0.717) is 18.7 Å². The summed E-state index contributed by atoms with van der Waals surface area (Å²) in [7, 11) is 0. The van der Waals surface area contributed by atoms with Crippen molar-refractivity contribution in [3.63, 3.8) is 0 Å². The summed E-state index contributed by atoms with van der Waals surface area (Å²) in [5, 5.41) is 2.45. The molecule has 3 rings (SSSR count). The summed E-state index contributed by atoms with van der Waals surface area (Å²) in [5.74, 6) is 0.331. The van der Waals surface area contributed by atoms with Crippen LogP contribution in [0, 0.1) is 0 Å². The zero-order valence-corrected chi connectivity index (χ0v) is 11.1. The second-order valence-corrected chi connectivity index (χ2v) is 5.38. The van der Waals surface area contributed by atoms with E-state index in [-0.39, 0.29) is 0 Å². The van der Waals surface area contributed by atoms with Gasteiger partial charge in [0.1, 0.15) is 0 Å². The lowest BCUT2D eigenvalue weighted by Crippen LogP contribution is -2.27. The Morgan fingerprint density at radius 1 is 1.00 bits per heavy atom. The fourth-order valence-electron chi connectivity index (χ4n) is 2.82. The first kappa shape index (κ1) is 12.4. The largest absolute Gasteiger partial charge is 0.298 e. The Morgan fingerprint density at radius 3 is 2.53 bits per heavy atom. The number of carbonyl (C=O) groups is 1. The number of benzene rings is 2. The van der Waals surface area contributed by atoms with E-state index in [9.17, 15) is 4.79 Å². The molecule has 1 aliphatic heterocycles. The first-order valence-electron chi connectivity index (χ1n) is 7.03. The molecule has 2 aromatic carbocycles. The zero-order valence-electron chi connectivity index (χ0n) is 11.1. The second-order valence-electron chi connectivity index (χ2n) is 5.38. The summed E-state index contributed by atoms with van der Waals surface area (Å²) in [6.45, 7) is 2.79. The third kappa shape index (κ3) is 3.02. The van der Waals surface area contributed by atoms with Gasteiger partial charge in [0, 0.05) is 6.42 Å². The van der Waals surface area contributed by atoms with Gasteiger partial charge < -0.3 is 0 Å². The maximum atomic E-state index is 12.1. The van der Waals surface area contributed by atoms with Crippen LogP contribution < -0.4 is 0 Å². The van der Waals surface area contributed by atoms with Crippen molar-refractivity contribution in [2.75, 3.05) is 19.6 Å². The lowest BCUT2D eigenvalue weighted by molar-refractivity contribution is -0.119. The summed E-state index contributed by atoms with van der Waals surface area (Å²) < 4.78 is 0. The monoisotopic (exact) mass is 253 g/mol. The molecule has 0 atom stereocenters. The van der Waals surface area contributed by atoms with Crippen LogP contribution in [0.5, 0.6) is 0 Å². The topological polar surface area (TPSA) is 20.3 Å². The van der Waals surface area contributed by atoms with Gasteiger partial charge in [-0.05, 0) is 42.3 Å². The molecular formula is C17H19NO. The molecule has 0 saturated carbocycles. The Kier molecular flexibility index (Phi) is 3.60. The lowest BCUT2D eigenvalue weighted by Gasteiger charge is -2.13. The van der Waals surface area contributed by atoms with Crippen LogP contribution in [0.2, 0.25) is 0 Å². The van der Waals surface area contributed by atoms with E-state index in [1.54, 1.807) is 0 Å². The van der Waals surface area contributed by atoms with E-state index in [4.69, 9.17) is 0 Å². The Labute approximate surface area is 114 Å². The van der Waals surface area contributed by atoms with Gasteiger partial charge in [-0.1, -0.05) is 42.5 Å². The molecule has 0 aliphatic carbocycles. The molecule has 1 aliphatic rings. The van der Waals surface area contributed by atoms with Crippen LogP contribution in [-0.4, -0.2) is 30.3 Å². The molecule has 98 valence electrons. The molecule has 1 saturated heterocycles. The first-order valence-corrected chi connectivity index (χ1v) is 7.03. The molecule has 2 heteroatoms. The number of Topliss-reactive ketones (excluding diaryl/α,β-unsaturated/α-hetero) is 1. The van der Waals surface area contributed by atoms with E-state index < -0.39 is 0 Å². The van der Waals surface area contributed by atoms with Gasteiger partial charge in [0.25, 0.3) is 0 Å². The van der Waals surface area contributed by atoms with Crippen LogP contribution in [0.15, 0.2) is 42.5 Å². The average Bonchev–Trinajstić information content (AvgIpc) is 2.91. The number of carbonyl (C=O) groups excluding carboxylic acids is 1. The van der Waals surface area contributed by atoms with Crippen molar-refractivity contribution >= 4 is 16.6 Å². The van der Waals surface area contributed by atoms with Crippen molar-refractivity contribution in [3.8, 4) is 0 Å². The minimum atomic E-state index is 0.331. The summed E-state index contributed by atoms with van der Waals surface area (Å²) in [5.41, 5.74) is 1.13. The summed E-state index contributed by atoms with van der Waals surface area (Å²) in [6.07, 6.45) is 3.04. The number of nitrogens with zero attached hydrogens (tertiary/aromatic N) is 1. The van der Waals surface area contributed by atoms with Crippen LogP contribution >= 0.6 is 0 Å². The van der Waals surface area contributed by atoms with Gasteiger partial charge in [0.2, 0.25) is 0 Å². The molecule has 0 aromatic heterocycles. The number of hydrogen-bond donors (Lipinski definition) is 0. The van der Waals surface area contributed by atoms with Crippen molar-refractivity contribution < 1.29 is 4.79 Å². The highest BCUT2D eigenvalue weighted by Gasteiger charge is 2.15. The highest BCUT2D eigenvalue weighted by atomic mass is 16.1. The van der Waals surface area contributed by atoms with Crippen LogP contribution in [0.1, 0.15) is 18.4 Å². The van der Waals surface area contributed by atoms with E-state index in [1.807, 2.05) is 12.1 Å². The number of rotatable bonds is 4. The number of fused-ring (bicyclic) bond motifs is 1. The molecule has 2 aromatic rings. The molecule has 0 amide bonds. The fourth-order valence-corrected chi connectivity index (χ4v) is 2.82. The van der Waals surface area contributed by atoms with Crippen LogP contribution in [0.4, 0.5) is 0 Å². The minimum Gasteiger partial charge on any atom is -0.298 e. The van der Waals surface area contributed by atoms with Crippen LogP contribution in [-0.2, 0) is 11.2 Å². The van der Waals surface area contributed by atoms with Gasteiger partial charge >= 0.3 is 0 Å². The minimum absolute atomic E-state index is 0.331. The fraction of sp³-hybridized carbons (Fsp3) is 0.353. The molecule has 0 N–H and O–H groups in total. The second kappa shape index (κ2) is 5.54. The molecule has 1 fully saturated rings. The third-order valence-electron chi connectivity index (χ3n) is 3.81. The van der Waals surface area contributed by atoms with E-state index in [0.717, 1.165) is 18.7 Å². The SMILES string of the molecule is O=C(Cc1ccc2ccccc2c1)CN1CCCC1. The van der Waals surface area contributed by atoms with Crippen LogP contribution in [0.3, 0.4) is 0 Å². The van der Waals surface area contributed by atoms with Crippen LogP contribution in [0.25, 0.3) is 10.8 Å². The normalized spacial score (nSPS) is 16.0. The van der Waals surface area contributed by atoms with Crippen molar-refractivity contribution in [1.29, 1.82) is 0 Å². The maximum Gasteiger partial charge on any atom is 0.151 e. The van der Waals surface area contributed by atoms with Gasteiger partial charge in [-0.25, -0.2) is 0 Å². The average molecular weight is 253 g/mol. The maximum absolute atomic E-state index is 12.1. The van der Waals surface area contributed by atoms with Crippen molar-refractivity contribution in [3.05, 3.63) is 48.0 Å². The van der Waals surface area contributed by atoms with Gasteiger partial charge in [-0.3, -0.25) is 9.69 Å². The quantitative estimate of drug-likeness (QED) is 0.834. The summed E-state index contributed by atoms with van der Waals surface area (Å²) in [6, 6.07) is 14.6. The zero-order chi connectivity index (χ0) is 13.1. The Balaban J connectivity index is 1.68. The summed E-state index contributed by atoms with van der Waals surface area (Å²) >= 11 is 0. The lowest BCUT2D eigenvalue weighted by atomic mass is 10.0. The Hall–Kier alpha value is -1.67. The Morgan fingerprint density at radius 2 is 1.74 bits per heavy atom. The molecular weight excluding hydrogens is 234 g/mol. The van der Waals surface area contributed by atoms with E-state index >= 15 is 0 Å². The Bertz CT molecular complexity index is 585. The smallest absolute Gasteiger partial charge is 0.151 e. The van der Waals surface area contributed by atoms with Gasteiger partial charge in [-0.15, -0.1) is 0 Å². The number of ketones is 1. The van der Waals surface area contributed by atoms with Crippen molar-refractivity contribution in [1.82, 2.24) is 4.90 Å². The van der Waals surface area contributed by atoms with Crippen molar-refractivity contribution in [2.24, 2.45) is 0 Å². The molecule has 1 heterocycles. The standard InChI is InChI=1S/C17H19NO/c19-17(13-18-9-3-4-10-18)12-14-7-8-15-5-1-2-6-16(15)11-14/h1-2,5-8,11H,3-4,9-10,12-13H2. The first-order chi connectivity index (χ1) is 9.31. The van der Waals surface area contributed by atoms with E-state index in [1.165, 1.54) is 23.6 Å². The molecule has 0 bridgehead atoms. The highest BCUT2D eigenvalue weighted by molar-refractivity contribution is 5.86.